The largest absolute Gasteiger partial charge is 0.486 e. The highest BCUT2D eigenvalue weighted by Crippen LogP contribution is 2.40. The van der Waals surface area contributed by atoms with Crippen LogP contribution in [0.2, 0.25) is 0 Å². The van der Waals surface area contributed by atoms with E-state index in [1.54, 1.807) is 20.8 Å². The average molecular weight is 487 g/mol. The van der Waals surface area contributed by atoms with Crippen LogP contribution in [0.25, 0.3) is 0 Å². The molecule has 0 aliphatic carbocycles. The van der Waals surface area contributed by atoms with E-state index in [1.165, 1.54) is 18.2 Å². The van der Waals surface area contributed by atoms with E-state index in [0.29, 0.717) is 12.5 Å². The lowest BCUT2D eigenvalue weighted by Crippen LogP contribution is -2.43. The molecule has 1 N–H and O–H groups in total. The number of nitrogens with one attached hydrogen (secondary N) is 1. The van der Waals surface area contributed by atoms with Crippen LogP contribution in [0.5, 0.6) is 5.75 Å². The van der Waals surface area contributed by atoms with E-state index in [1.807, 2.05) is 6.92 Å². The van der Waals surface area contributed by atoms with Crippen molar-refractivity contribution in [2.24, 2.45) is 0 Å². The first-order chi connectivity index (χ1) is 15.2. The number of sulfonamides is 1. The molecule has 1 aliphatic rings. The summed E-state index contributed by atoms with van der Waals surface area (Å²) in [6.07, 6.45) is -5.45. The highest BCUT2D eigenvalue weighted by Gasteiger charge is 2.37. The van der Waals surface area contributed by atoms with Crippen LogP contribution < -0.4 is 14.4 Å². The fourth-order valence-electron chi connectivity index (χ4n) is 3.21. The van der Waals surface area contributed by atoms with Crippen LogP contribution in [0.3, 0.4) is 0 Å². The van der Waals surface area contributed by atoms with E-state index < -0.39 is 44.5 Å². The Kier molecular flexibility index (Phi) is 6.56. The van der Waals surface area contributed by atoms with Crippen LogP contribution in [0, 0.1) is 0 Å². The quantitative estimate of drug-likeness (QED) is 0.624. The zero-order valence-corrected chi connectivity index (χ0v) is 19.4. The second-order valence-corrected chi connectivity index (χ2v) is 10.4. The van der Waals surface area contributed by atoms with Crippen LogP contribution >= 0.6 is 0 Å². The molecule has 0 aromatic heterocycles. The van der Waals surface area contributed by atoms with E-state index in [-0.39, 0.29) is 23.7 Å². The van der Waals surface area contributed by atoms with E-state index in [9.17, 15) is 26.4 Å². The standard InChI is InChI=1S/C22H25F3N2O5S/c1-5-16-13-27(33(29,30)17-8-6-7-14(11-17)22(23,24)25)18-12-15(9-10-19(18)31-16)26-20(28)32-21(2,3)4/h6-12,16H,5,13H2,1-4H3,(H,26,28). The van der Waals surface area contributed by atoms with Crippen LogP contribution in [-0.4, -0.2) is 32.8 Å². The Morgan fingerprint density at radius 2 is 1.88 bits per heavy atom. The fourth-order valence-corrected chi connectivity index (χ4v) is 4.76. The van der Waals surface area contributed by atoms with Crippen molar-refractivity contribution >= 4 is 27.5 Å². The van der Waals surface area contributed by atoms with E-state index in [4.69, 9.17) is 9.47 Å². The van der Waals surface area contributed by atoms with Crippen molar-refractivity contribution in [3.63, 3.8) is 0 Å². The topological polar surface area (TPSA) is 84.9 Å². The number of carbonyl (C=O) groups is 1. The van der Waals surface area contributed by atoms with Gasteiger partial charge in [-0.2, -0.15) is 13.2 Å². The molecule has 2 aromatic rings. The number of carbonyl (C=O) groups excluding carboxylic acids is 1. The molecule has 1 heterocycles. The monoisotopic (exact) mass is 486 g/mol. The molecular weight excluding hydrogens is 461 g/mol. The third-order valence-corrected chi connectivity index (χ3v) is 6.52. The van der Waals surface area contributed by atoms with E-state index in [2.05, 4.69) is 5.32 Å². The predicted octanol–water partition coefficient (Wildman–Crippen LogP) is 5.42. The van der Waals surface area contributed by atoms with Gasteiger partial charge in [-0.15, -0.1) is 0 Å². The van der Waals surface area contributed by atoms with Crippen molar-refractivity contribution in [1.82, 2.24) is 0 Å². The number of anilines is 2. The number of benzene rings is 2. The molecule has 0 saturated carbocycles. The lowest BCUT2D eigenvalue weighted by atomic mass is 10.2. The van der Waals surface area contributed by atoms with Crippen molar-refractivity contribution in [1.29, 1.82) is 0 Å². The normalized spacial score (nSPS) is 16.6. The van der Waals surface area contributed by atoms with Crippen LogP contribution in [0.4, 0.5) is 29.3 Å². The van der Waals surface area contributed by atoms with Gasteiger partial charge in [-0.1, -0.05) is 13.0 Å². The molecule has 0 bridgehead atoms. The average Bonchev–Trinajstić information content (AvgIpc) is 2.71. The molecule has 33 heavy (non-hydrogen) atoms. The van der Waals surface area contributed by atoms with Crippen molar-refractivity contribution in [2.45, 2.75) is 56.9 Å². The Morgan fingerprint density at radius 1 is 1.18 bits per heavy atom. The van der Waals surface area contributed by atoms with Crippen LogP contribution in [0.15, 0.2) is 47.4 Å². The van der Waals surface area contributed by atoms with Gasteiger partial charge in [0.05, 0.1) is 22.7 Å². The van der Waals surface area contributed by atoms with Gasteiger partial charge in [-0.05, 0) is 63.6 Å². The van der Waals surface area contributed by atoms with Gasteiger partial charge in [0.15, 0.2) is 0 Å². The van der Waals surface area contributed by atoms with Gasteiger partial charge < -0.3 is 9.47 Å². The first-order valence-electron chi connectivity index (χ1n) is 10.2. The van der Waals surface area contributed by atoms with Crippen molar-refractivity contribution in [2.75, 3.05) is 16.2 Å². The Morgan fingerprint density at radius 3 is 2.48 bits per heavy atom. The summed E-state index contributed by atoms with van der Waals surface area (Å²) in [5.41, 5.74) is -1.46. The molecule has 180 valence electrons. The summed E-state index contributed by atoms with van der Waals surface area (Å²) in [5.74, 6) is 0.235. The Balaban J connectivity index is 2.02. The molecule has 0 radical (unpaired) electrons. The van der Waals surface area contributed by atoms with Crippen LogP contribution in [0.1, 0.15) is 39.7 Å². The smallest absolute Gasteiger partial charge is 0.416 e. The van der Waals surface area contributed by atoms with Gasteiger partial charge >= 0.3 is 12.3 Å². The van der Waals surface area contributed by atoms with Gasteiger partial charge in [0.25, 0.3) is 10.0 Å². The fraction of sp³-hybridized carbons (Fsp3) is 0.409. The van der Waals surface area contributed by atoms with Crippen molar-refractivity contribution in [3.8, 4) is 5.75 Å². The van der Waals surface area contributed by atoms with Crippen LogP contribution in [-0.2, 0) is 20.9 Å². The number of hydrogen-bond acceptors (Lipinski definition) is 5. The van der Waals surface area contributed by atoms with Crippen molar-refractivity contribution in [3.05, 3.63) is 48.0 Å². The summed E-state index contributed by atoms with van der Waals surface area (Å²) < 4.78 is 78.4. The molecule has 0 fully saturated rings. The summed E-state index contributed by atoms with van der Waals surface area (Å²) in [6, 6.07) is 7.99. The third kappa shape index (κ3) is 5.70. The number of nitrogens with zero attached hydrogens (tertiary/aromatic N) is 1. The van der Waals surface area contributed by atoms with Gasteiger partial charge in [0.2, 0.25) is 0 Å². The highest BCUT2D eigenvalue weighted by molar-refractivity contribution is 7.92. The summed E-state index contributed by atoms with van der Waals surface area (Å²) in [7, 11) is -4.37. The Labute approximate surface area is 190 Å². The first-order valence-corrected chi connectivity index (χ1v) is 11.7. The lowest BCUT2D eigenvalue weighted by molar-refractivity contribution is -0.137. The first kappa shape index (κ1) is 24.7. The summed E-state index contributed by atoms with van der Waals surface area (Å²) in [4.78, 5) is 11.6. The maximum Gasteiger partial charge on any atom is 0.416 e. The number of rotatable bonds is 4. The minimum atomic E-state index is -4.69. The maximum absolute atomic E-state index is 13.4. The zero-order chi connectivity index (χ0) is 24.6. The Hall–Kier alpha value is -2.95. The maximum atomic E-state index is 13.4. The third-order valence-electron chi connectivity index (χ3n) is 4.74. The minimum Gasteiger partial charge on any atom is -0.486 e. The highest BCUT2D eigenvalue weighted by atomic mass is 32.2. The molecule has 7 nitrogen and oxygen atoms in total. The molecule has 3 rings (SSSR count). The number of ether oxygens (including phenoxy) is 2. The SMILES string of the molecule is CCC1CN(S(=O)(=O)c2cccc(C(F)(F)F)c2)c2cc(NC(=O)OC(C)(C)C)ccc2O1. The van der Waals surface area contributed by atoms with E-state index in [0.717, 1.165) is 22.5 Å². The summed E-state index contributed by atoms with van der Waals surface area (Å²) >= 11 is 0. The molecule has 11 heteroatoms. The van der Waals surface area contributed by atoms with E-state index >= 15 is 0 Å². The van der Waals surface area contributed by atoms with Gasteiger partial charge in [-0.3, -0.25) is 9.62 Å². The second-order valence-electron chi connectivity index (χ2n) is 8.52. The summed E-state index contributed by atoms with van der Waals surface area (Å²) in [5, 5.41) is 2.53. The molecule has 0 spiro atoms. The molecule has 0 saturated heterocycles. The Bertz CT molecular complexity index is 1140. The lowest BCUT2D eigenvalue weighted by Gasteiger charge is -2.35. The molecule has 1 amide bonds. The second kappa shape index (κ2) is 8.77. The number of hydrogen-bond donors (Lipinski definition) is 1. The molecule has 1 unspecified atom stereocenters. The van der Waals surface area contributed by atoms with Gasteiger partial charge in [0, 0.05) is 5.69 Å². The van der Waals surface area contributed by atoms with Crippen molar-refractivity contribution < 1.29 is 35.9 Å². The zero-order valence-electron chi connectivity index (χ0n) is 18.6. The summed E-state index contributed by atoms with van der Waals surface area (Å²) in [6.45, 7) is 6.80. The molecule has 2 aromatic carbocycles. The number of alkyl halides is 3. The number of amides is 1. The molecule has 1 atom stereocenters. The van der Waals surface area contributed by atoms with Gasteiger partial charge in [0.1, 0.15) is 17.5 Å². The predicted molar refractivity (Wildman–Crippen MR) is 117 cm³/mol. The number of fused-ring (bicyclic) bond motifs is 1. The van der Waals surface area contributed by atoms with Gasteiger partial charge in [-0.25, -0.2) is 13.2 Å². The molecule has 1 aliphatic heterocycles. The molecular formula is C22H25F3N2O5S. The number of halogens is 3. The minimum absolute atomic E-state index is 0.0992.